The molecule has 5 nitrogen and oxygen atoms in total. The van der Waals surface area contributed by atoms with Gasteiger partial charge in [-0.25, -0.2) is 0 Å². The second-order valence-corrected chi connectivity index (χ2v) is 15.1. The third kappa shape index (κ3) is 7.56. The minimum atomic E-state index is -0.533. The standard InChI is InChI=1S/C33H39N3O2S2/c1-32(2,3)19-28(37)35-23-13-10-14-24(18-23)39-29(21-11-8-7-9-12-21)30(38)36-31-26(20-34)25-16-15-22(33(4,5)6)17-27(25)40-31/h7-14,18,22,29H,15-17,19H2,1-6H3,(H,35,37)(H,36,38). The molecule has 0 aliphatic heterocycles. The number of nitrogens with zero attached hydrogens (tertiary/aromatic N) is 1. The number of carbonyl (C=O) groups excluding carboxylic acids is 2. The van der Waals surface area contributed by atoms with Gasteiger partial charge in [-0.3, -0.25) is 9.59 Å². The lowest BCUT2D eigenvalue weighted by atomic mass is 9.72. The van der Waals surface area contributed by atoms with Gasteiger partial charge >= 0.3 is 0 Å². The molecule has 2 aromatic carbocycles. The fourth-order valence-corrected chi connectivity index (χ4v) is 7.44. The maximum atomic E-state index is 13.8. The van der Waals surface area contributed by atoms with Gasteiger partial charge in [-0.15, -0.1) is 23.1 Å². The van der Waals surface area contributed by atoms with Crippen molar-refractivity contribution in [1.29, 1.82) is 5.26 Å². The number of fused-ring (bicyclic) bond motifs is 1. The maximum Gasteiger partial charge on any atom is 0.243 e. The fourth-order valence-electron chi connectivity index (χ4n) is 5.08. The Kier molecular flexibility index (Phi) is 9.12. The van der Waals surface area contributed by atoms with Gasteiger partial charge in [0.25, 0.3) is 0 Å². The van der Waals surface area contributed by atoms with Crippen molar-refractivity contribution < 1.29 is 9.59 Å². The molecule has 40 heavy (non-hydrogen) atoms. The van der Waals surface area contributed by atoms with Crippen molar-refractivity contribution in [3.8, 4) is 6.07 Å². The van der Waals surface area contributed by atoms with E-state index in [9.17, 15) is 14.9 Å². The van der Waals surface area contributed by atoms with Gasteiger partial charge in [0.05, 0.1) is 5.56 Å². The molecule has 3 aromatic rings. The first-order chi connectivity index (χ1) is 18.8. The van der Waals surface area contributed by atoms with Crippen LogP contribution in [0.15, 0.2) is 59.5 Å². The van der Waals surface area contributed by atoms with Gasteiger partial charge in [-0.2, -0.15) is 5.26 Å². The van der Waals surface area contributed by atoms with Gasteiger partial charge in [-0.1, -0.05) is 77.9 Å². The molecule has 0 bridgehead atoms. The molecule has 0 saturated carbocycles. The summed E-state index contributed by atoms with van der Waals surface area (Å²) in [6, 6.07) is 19.7. The molecule has 2 atom stereocenters. The zero-order valence-corrected chi connectivity index (χ0v) is 25.9. The monoisotopic (exact) mass is 573 g/mol. The van der Waals surface area contributed by atoms with Gasteiger partial charge < -0.3 is 10.6 Å². The van der Waals surface area contributed by atoms with E-state index in [1.54, 1.807) is 11.3 Å². The summed E-state index contributed by atoms with van der Waals surface area (Å²) in [7, 11) is 0. The SMILES string of the molecule is CC(C)(C)CC(=O)Nc1cccc(SC(C(=O)Nc2sc3c(c2C#N)CCC(C(C)(C)C)C3)c2ccccc2)c1. The Morgan fingerprint density at radius 2 is 1.77 bits per heavy atom. The van der Waals surface area contributed by atoms with Crippen molar-refractivity contribution in [1.82, 2.24) is 0 Å². The van der Waals surface area contributed by atoms with E-state index in [2.05, 4.69) is 37.5 Å². The van der Waals surface area contributed by atoms with Crippen molar-refractivity contribution in [2.45, 2.75) is 77.4 Å². The molecule has 1 aliphatic carbocycles. The minimum absolute atomic E-state index is 0.0357. The Morgan fingerprint density at radius 1 is 1.05 bits per heavy atom. The quantitative estimate of drug-likeness (QED) is 0.277. The third-order valence-corrected chi connectivity index (χ3v) is 9.66. The molecule has 1 aliphatic rings. The maximum absolute atomic E-state index is 13.8. The van der Waals surface area contributed by atoms with E-state index in [4.69, 9.17) is 0 Å². The van der Waals surface area contributed by atoms with E-state index in [0.29, 0.717) is 28.6 Å². The first-order valence-electron chi connectivity index (χ1n) is 13.8. The zero-order valence-electron chi connectivity index (χ0n) is 24.3. The summed E-state index contributed by atoms with van der Waals surface area (Å²) in [6.07, 6.45) is 3.29. The molecule has 4 rings (SSSR count). The summed E-state index contributed by atoms with van der Waals surface area (Å²) >= 11 is 2.99. The molecule has 0 fully saturated rings. The number of benzene rings is 2. The second-order valence-electron chi connectivity index (χ2n) is 12.8. The second kappa shape index (κ2) is 12.2. The van der Waals surface area contributed by atoms with Crippen molar-refractivity contribution in [2.75, 3.05) is 10.6 Å². The number of nitriles is 1. The molecule has 2 N–H and O–H groups in total. The summed E-state index contributed by atoms with van der Waals surface area (Å²) in [5, 5.41) is 16.3. The Balaban J connectivity index is 1.57. The molecule has 210 valence electrons. The van der Waals surface area contributed by atoms with E-state index in [-0.39, 0.29) is 22.6 Å². The first-order valence-corrected chi connectivity index (χ1v) is 15.5. The Hall–Kier alpha value is -3.08. The van der Waals surface area contributed by atoms with Gasteiger partial charge in [0.2, 0.25) is 11.8 Å². The van der Waals surface area contributed by atoms with Crippen molar-refractivity contribution in [3.05, 3.63) is 76.2 Å². The van der Waals surface area contributed by atoms with Gasteiger partial charge in [0.1, 0.15) is 16.3 Å². The summed E-state index contributed by atoms with van der Waals surface area (Å²) < 4.78 is 0. The smallest absolute Gasteiger partial charge is 0.243 e. The molecule has 2 unspecified atom stereocenters. The lowest BCUT2D eigenvalue weighted by Gasteiger charge is -2.33. The number of thioether (sulfide) groups is 1. The molecule has 0 spiro atoms. The molecule has 1 heterocycles. The molecule has 2 amide bonds. The number of nitrogens with one attached hydrogen (secondary N) is 2. The van der Waals surface area contributed by atoms with Crippen LogP contribution >= 0.6 is 23.1 Å². The van der Waals surface area contributed by atoms with Crippen LogP contribution in [0.2, 0.25) is 0 Å². The highest BCUT2D eigenvalue weighted by atomic mass is 32.2. The first kappa shape index (κ1) is 29.9. The van der Waals surface area contributed by atoms with Gasteiger partial charge in [-0.05, 0) is 65.3 Å². The van der Waals surface area contributed by atoms with Crippen LogP contribution in [-0.4, -0.2) is 11.8 Å². The predicted octanol–water partition coefficient (Wildman–Crippen LogP) is 8.62. The lowest BCUT2D eigenvalue weighted by molar-refractivity contribution is -0.118. The third-order valence-electron chi connectivity index (χ3n) is 7.24. The number of hydrogen-bond donors (Lipinski definition) is 2. The van der Waals surface area contributed by atoms with Crippen molar-refractivity contribution >= 4 is 45.6 Å². The number of rotatable bonds is 7. The Morgan fingerprint density at radius 3 is 2.42 bits per heavy atom. The summed E-state index contributed by atoms with van der Waals surface area (Å²) in [5.74, 6) is 0.352. The molecule has 0 radical (unpaired) electrons. The molecule has 0 saturated heterocycles. The molecule has 7 heteroatoms. The molecule has 1 aromatic heterocycles. The van der Waals surface area contributed by atoms with Crippen LogP contribution in [0.1, 0.15) is 81.2 Å². The number of carbonyl (C=O) groups is 2. The van der Waals surface area contributed by atoms with E-state index in [1.807, 2.05) is 75.4 Å². The number of amides is 2. The summed E-state index contributed by atoms with van der Waals surface area (Å²) in [5.41, 5.74) is 3.39. The van der Waals surface area contributed by atoms with Gasteiger partial charge in [0, 0.05) is 21.9 Å². The average molecular weight is 574 g/mol. The number of anilines is 2. The molecular weight excluding hydrogens is 535 g/mol. The van der Waals surface area contributed by atoms with E-state index in [0.717, 1.165) is 35.3 Å². The fraction of sp³-hybridized carbons (Fsp3) is 0.424. The highest BCUT2D eigenvalue weighted by Gasteiger charge is 2.33. The number of hydrogen-bond acceptors (Lipinski definition) is 5. The predicted molar refractivity (Wildman–Crippen MR) is 167 cm³/mol. The van der Waals surface area contributed by atoms with Crippen LogP contribution in [0.5, 0.6) is 0 Å². The van der Waals surface area contributed by atoms with Crippen LogP contribution in [0, 0.1) is 28.1 Å². The summed E-state index contributed by atoms with van der Waals surface area (Å²) in [4.78, 5) is 28.4. The van der Waals surface area contributed by atoms with E-state index in [1.165, 1.54) is 16.6 Å². The average Bonchev–Trinajstić information content (AvgIpc) is 3.22. The number of thiophene rings is 1. The highest BCUT2D eigenvalue weighted by Crippen LogP contribution is 2.45. The topological polar surface area (TPSA) is 82.0 Å². The highest BCUT2D eigenvalue weighted by molar-refractivity contribution is 8.00. The zero-order chi connectivity index (χ0) is 29.1. The van der Waals surface area contributed by atoms with Crippen LogP contribution in [0.25, 0.3) is 0 Å². The van der Waals surface area contributed by atoms with Crippen LogP contribution in [0.4, 0.5) is 10.7 Å². The van der Waals surface area contributed by atoms with E-state index < -0.39 is 5.25 Å². The Labute approximate surface area is 246 Å². The van der Waals surface area contributed by atoms with Crippen LogP contribution in [-0.2, 0) is 22.4 Å². The normalized spacial score (nSPS) is 16.0. The lowest BCUT2D eigenvalue weighted by Crippen LogP contribution is -2.26. The van der Waals surface area contributed by atoms with Crippen molar-refractivity contribution in [3.63, 3.8) is 0 Å². The van der Waals surface area contributed by atoms with Crippen LogP contribution in [0.3, 0.4) is 0 Å². The molecular formula is C33H39N3O2S2. The van der Waals surface area contributed by atoms with Crippen LogP contribution < -0.4 is 10.6 Å². The van der Waals surface area contributed by atoms with Gasteiger partial charge in [0.15, 0.2) is 0 Å². The largest absolute Gasteiger partial charge is 0.326 e. The minimum Gasteiger partial charge on any atom is -0.326 e. The Bertz CT molecular complexity index is 1410. The summed E-state index contributed by atoms with van der Waals surface area (Å²) in [6.45, 7) is 12.9. The van der Waals surface area contributed by atoms with Crippen molar-refractivity contribution in [2.24, 2.45) is 16.7 Å². The van der Waals surface area contributed by atoms with E-state index >= 15 is 0 Å².